The van der Waals surface area contributed by atoms with Crippen LogP contribution in [0.5, 0.6) is 0 Å². The molecule has 0 saturated carbocycles. The quantitative estimate of drug-likeness (QED) is 0.567. The normalized spacial score (nSPS) is 12.7. The minimum absolute atomic E-state index is 0.0640. The Morgan fingerprint density at radius 2 is 1.33 bits per heavy atom. The maximum absolute atomic E-state index is 12.9. The molecule has 0 bridgehead atoms. The van der Waals surface area contributed by atoms with Gasteiger partial charge in [-0.05, 0) is 54.4 Å². The van der Waals surface area contributed by atoms with Gasteiger partial charge in [0.15, 0.2) is 0 Å². The molecule has 2 unspecified atom stereocenters. The van der Waals surface area contributed by atoms with Gasteiger partial charge in [0, 0.05) is 27.9 Å². The van der Waals surface area contributed by atoms with Crippen molar-refractivity contribution in [3.63, 3.8) is 0 Å². The molecule has 30 heavy (non-hydrogen) atoms. The molecule has 6 nitrogen and oxygen atoms in total. The first-order valence-electron chi connectivity index (χ1n) is 9.99. The Labute approximate surface area is 182 Å². The van der Waals surface area contributed by atoms with Crippen molar-refractivity contribution in [1.82, 2.24) is 5.32 Å². The summed E-state index contributed by atoms with van der Waals surface area (Å²) >= 11 is 5.87. The Morgan fingerprint density at radius 3 is 1.80 bits per heavy atom. The van der Waals surface area contributed by atoms with Crippen molar-refractivity contribution in [3.8, 4) is 0 Å². The molecule has 0 aliphatic rings. The molecule has 0 spiro atoms. The lowest BCUT2D eigenvalue weighted by atomic mass is 9.97. The largest absolute Gasteiger partial charge is 0.340 e. The van der Waals surface area contributed by atoms with Crippen LogP contribution in [-0.2, 0) is 9.59 Å². The molecule has 0 aliphatic heterocycles. The van der Waals surface area contributed by atoms with Gasteiger partial charge in [0.05, 0.1) is 0 Å². The van der Waals surface area contributed by atoms with Crippen LogP contribution in [0, 0.1) is 11.8 Å². The number of carbonyl (C=O) groups is 3. The van der Waals surface area contributed by atoms with Crippen LogP contribution in [0.1, 0.15) is 44.5 Å². The predicted molar refractivity (Wildman–Crippen MR) is 121 cm³/mol. The molecule has 0 aliphatic carbocycles. The summed E-state index contributed by atoms with van der Waals surface area (Å²) in [5.41, 5.74) is 1.67. The SMILES string of the molecule is CCC(C)C(NC(=O)c1ccc(Cl)cc1)C(=O)Nc1ccc(NC(=O)C(C)C)cc1. The Hall–Kier alpha value is -2.86. The van der Waals surface area contributed by atoms with Gasteiger partial charge < -0.3 is 16.0 Å². The van der Waals surface area contributed by atoms with Gasteiger partial charge in [0.2, 0.25) is 11.8 Å². The second kappa shape index (κ2) is 10.8. The van der Waals surface area contributed by atoms with Crippen molar-refractivity contribution >= 4 is 40.7 Å². The topological polar surface area (TPSA) is 87.3 Å². The Bertz CT molecular complexity index is 880. The van der Waals surface area contributed by atoms with Gasteiger partial charge in [-0.2, -0.15) is 0 Å². The fraction of sp³-hybridized carbons (Fsp3) is 0.348. The summed E-state index contributed by atoms with van der Waals surface area (Å²) in [5.74, 6) is -0.895. The van der Waals surface area contributed by atoms with E-state index in [0.717, 1.165) is 6.42 Å². The molecule has 3 N–H and O–H groups in total. The van der Waals surface area contributed by atoms with Crippen LogP contribution in [0.3, 0.4) is 0 Å². The maximum atomic E-state index is 12.9. The van der Waals surface area contributed by atoms with Crippen molar-refractivity contribution in [1.29, 1.82) is 0 Å². The summed E-state index contributed by atoms with van der Waals surface area (Å²) in [4.78, 5) is 37.2. The van der Waals surface area contributed by atoms with Crippen molar-refractivity contribution < 1.29 is 14.4 Å². The molecule has 0 saturated heterocycles. The summed E-state index contributed by atoms with van der Waals surface area (Å²) in [7, 11) is 0. The third kappa shape index (κ3) is 6.59. The van der Waals surface area contributed by atoms with Gasteiger partial charge in [-0.3, -0.25) is 14.4 Å². The molecule has 0 radical (unpaired) electrons. The molecule has 160 valence electrons. The van der Waals surface area contributed by atoms with Crippen LogP contribution in [0.2, 0.25) is 5.02 Å². The zero-order valence-electron chi connectivity index (χ0n) is 17.7. The Kier molecular flexibility index (Phi) is 8.42. The summed E-state index contributed by atoms with van der Waals surface area (Å²) in [5, 5.41) is 9.00. The lowest BCUT2D eigenvalue weighted by molar-refractivity contribution is -0.119. The molecular formula is C23H28ClN3O3. The van der Waals surface area contributed by atoms with E-state index in [4.69, 9.17) is 11.6 Å². The molecule has 0 fully saturated rings. The molecule has 2 atom stereocenters. The maximum Gasteiger partial charge on any atom is 0.251 e. The first-order valence-corrected chi connectivity index (χ1v) is 10.4. The Balaban J connectivity index is 2.07. The van der Waals surface area contributed by atoms with Crippen molar-refractivity contribution in [2.45, 2.75) is 40.2 Å². The molecule has 0 aromatic heterocycles. The van der Waals surface area contributed by atoms with Crippen LogP contribution < -0.4 is 16.0 Å². The number of hydrogen-bond donors (Lipinski definition) is 3. The van der Waals surface area contributed by atoms with E-state index in [-0.39, 0.29) is 29.6 Å². The molecule has 3 amide bonds. The third-order valence-corrected chi connectivity index (χ3v) is 5.08. The van der Waals surface area contributed by atoms with E-state index in [0.29, 0.717) is 22.0 Å². The summed E-state index contributed by atoms with van der Waals surface area (Å²) in [6.45, 7) is 7.51. The van der Waals surface area contributed by atoms with Crippen LogP contribution in [0.4, 0.5) is 11.4 Å². The van der Waals surface area contributed by atoms with E-state index >= 15 is 0 Å². The molecular weight excluding hydrogens is 402 g/mol. The number of carbonyl (C=O) groups excluding carboxylic acids is 3. The minimum atomic E-state index is -0.696. The van der Waals surface area contributed by atoms with Crippen molar-refractivity contribution in [2.24, 2.45) is 11.8 Å². The van der Waals surface area contributed by atoms with E-state index in [9.17, 15) is 14.4 Å². The predicted octanol–water partition coefficient (Wildman–Crippen LogP) is 4.72. The van der Waals surface area contributed by atoms with Gasteiger partial charge in [0.25, 0.3) is 5.91 Å². The number of rotatable bonds is 8. The minimum Gasteiger partial charge on any atom is -0.340 e. The van der Waals surface area contributed by atoms with Gasteiger partial charge in [0.1, 0.15) is 6.04 Å². The molecule has 2 rings (SSSR count). The second-order valence-corrected chi connectivity index (χ2v) is 7.99. The number of amides is 3. The zero-order chi connectivity index (χ0) is 22.3. The van der Waals surface area contributed by atoms with Crippen LogP contribution in [0.15, 0.2) is 48.5 Å². The highest BCUT2D eigenvalue weighted by atomic mass is 35.5. The van der Waals surface area contributed by atoms with Crippen LogP contribution in [0.25, 0.3) is 0 Å². The third-order valence-electron chi connectivity index (χ3n) is 4.83. The van der Waals surface area contributed by atoms with E-state index in [2.05, 4.69) is 16.0 Å². The summed E-state index contributed by atoms with van der Waals surface area (Å²) in [6, 6.07) is 12.7. The average molecular weight is 430 g/mol. The van der Waals surface area contributed by atoms with Crippen LogP contribution >= 0.6 is 11.6 Å². The molecule has 0 heterocycles. The standard InChI is InChI=1S/C23H28ClN3O3/c1-5-15(4)20(27-22(29)16-6-8-17(24)9-7-16)23(30)26-19-12-10-18(11-13-19)25-21(28)14(2)3/h6-15,20H,5H2,1-4H3,(H,25,28)(H,26,30)(H,27,29). The van der Waals surface area contributed by atoms with E-state index in [1.807, 2.05) is 27.7 Å². The monoisotopic (exact) mass is 429 g/mol. The molecule has 2 aromatic carbocycles. The molecule has 7 heteroatoms. The Morgan fingerprint density at radius 1 is 0.833 bits per heavy atom. The highest BCUT2D eigenvalue weighted by molar-refractivity contribution is 6.30. The van der Waals surface area contributed by atoms with Gasteiger partial charge in [-0.15, -0.1) is 0 Å². The van der Waals surface area contributed by atoms with Crippen LogP contribution in [-0.4, -0.2) is 23.8 Å². The summed E-state index contributed by atoms with van der Waals surface area (Å²) in [6.07, 6.45) is 0.721. The number of nitrogens with one attached hydrogen (secondary N) is 3. The fourth-order valence-corrected chi connectivity index (χ4v) is 2.80. The molecule has 2 aromatic rings. The number of hydrogen-bond acceptors (Lipinski definition) is 3. The number of benzene rings is 2. The van der Waals surface area contributed by atoms with E-state index in [1.54, 1.807) is 48.5 Å². The number of halogens is 1. The smallest absolute Gasteiger partial charge is 0.251 e. The zero-order valence-corrected chi connectivity index (χ0v) is 18.4. The highest BCUT2D eigenvalue weighted by Crippen LogP contribution is 2.17. The second-order valence-electron chi connectivity index (χ2n) is 7.55. The van der Waals surface area contributed by atoms with Gasteiger partial charge in [-0.25, -0.2) is 0 Å². The van der Waals surface area contributed by atoms with Gasteiger partial charge >= 0.3 is 0 Å². The van der Waals surface area contributed by atoms with Crippen molar-refractivity contribution in [2.75, 3.05) is 10.6 Å². The van der Waals surface area contributed by atoms with Gasteiger partial charge in [-0.1, -0.05) is 45.7 Å². The van der Waals surface area contributed by atoms with E-state index in [1.165, 1.54) is 0 Å². The average Bonchev–Trinajstić information content (AvgIpc) is 2.72. The summed E-state index contributed by atoms with van der Waals surface area (Å²) < 4.78 is 0. The fourth-order valence-electron chi connectivity index (χ4n) is 2.67. The van der Waals surface area contributed by atoms with E-state index < -0.39 is 6.04 Å². The highest BCUT2D eigenvalue weighted by Gasteiger charge is 2.26. The van der Waals surface area contributed by atoms with Crippen molar-refractivity contribution in [3.05, 3.63) is 59.1 Å². The first-order chi connectivity index (χ1) is 14.2. The lowest BCUT2D eigenvalue weighted by Crippen LogP contribution is -2.47. The first kappa shape index (κ1) is 23.4. The lowest BCUT2D eigenvalue weighted by Gasteiger charge is -2.23. The number of anilines is 2.